The number of thioether (sulfide) groups is 1. The van der Waals surface area contributed by atoms with Crippen molar-refractivity contribution in [3.8, 4) is 5.69 Å². The molecular weight excluding hydrogens is 396 g/mol. The van der Waals surface area contributed by atoms with E-state index in [9.17, 15) is 13.2 Å². The van der Waals surface area contributed by atoms with E-state index in [1.807, 2.05) is 53.8 Å². The molecule has 4 aromatic rings. The van der Waals surface area contributed by atoms with Crippen molar-refractivity contribution in [2.24, 2.45) is 0 Å². The van der Waals surface area contributed by atoms with Crippen molar-refractivity contribution < 1.29 is 8.42 Å². The Balaban J connectivity index is 1.96. The molecule has 0 unspecified atom stereocenters. The van der Waals surface area contributed by atoms with Gasteiger partial charge in [0, 0.05) is 12.0 Å². The molecule has 2 aromatic carbocycles. The van der Waals surface area contributed by atoms with E-state index >= 15 is 0 Å². The van der Waals surface area contributed by atoms with Crippen LogP contribution in [0, 0.1) is 6.92 Å². The molecule has 7 nitrogen and oxygen atoms in total. The lowest BCUT2D eigenvalue weighted by Gasteiger charge is -2.11. The van der Waals surface area contributed by atoms with Crippen molar-refractivity contribution in [1.82, 2.24) is 19.2 Å². The molecule has 0 fully saturated rings. The van der Waals surface area contributed by atoms with Crippen LogP contribution >= 0.6 is 11.8 Å². The summed E-state index contributed by atoms with van der Waals surface area (Å²) >= 11 is 1.31. The van der Waals surface area contributed by atoms with Crippen LogP contribution in [0.4, 0.5) is 0 Å². The van der Waals surface area contributed by atoms with Crippen LogP contribution in [0.5, 0.6) is 0 Å². The van der Waals surface area contributed by atoms with Gasteiger partial charge in [-0.3, -0.25) is 9.20 Å². The molecule has 0 bridgehead atoms. The largest absolute Gasteiger partial charge is 0.268 e. The smallest absolute Gasteiger partial charge is 0.267 e. The Morgan fingerprint density at radius 1 is 1.04 bits per heavy atom. The van der Waals surface area contributed by atoms with Crippen LogP contribution < -0.4 is 5.56 Å². The number of aromatic nitrogens is 4. The van der Waals surface area contributed by atoms with Gasteiger partial charge in [-0.1, -0.05) is 41.6 Å². The molecule has 0 saturated heterocycles. The van der Waals surface area contributed by atoms with Crippen molar-refractivity contribution in [3.05, 3.63) is 64.4 Å². The maximum atomic E-state index is 13.2. The van der Waals surface area contributed by atoms with Gasteiger partial charge in [-0.25, -0.2) is 13.0 Å². The Bertz CT molecular complexity index is 1340. The van der Waals surface area contributed by atoms with Crippen LogP contribution in [-0.4, -0.2) is 45.3 Å². The van der Waals surface area contributed by atoms with E-state index in [2.05, 4.69) is 10.2 Å². The molecule has 9 heteroatoms. The van der Waals surface area contributed by atoms with Gasteiger partial charge in [0.15, 0.2) is 5.16 Å². The molecule has 0 saturated carbocycles. The third kappa shape index (κ3) is 3.43. The zero-order valence-corrected chi connectivity index (χ0v) is 17.0. The van der Waals surface area contributed by atoms with Gasteiger partial charge in [0.2, 0.25) is 5.78 Å². The van der Waals surface area contributed by atoms with Gasteiger partial charge >= 0.3 is 0 Å². The summed E-state index contributed by atoms with van der Waals surface area (Å²) < 4.78 is 26.2. The van der Waals surface area contributed by atoms with Gasteiger partial charge in [0.05, 0.1) is 22.3 Å². The summed E-state index contributed by atoms with van der Waals surface area (Å²) in [7, 11) is -3.07. The summed E-state index contributed by atoms with van der Waals surface area (Å²) in [6.07, 6.45) is 1.21. The van der Waals surface area contributed by atoms with Crippen LogP contribution in [0.25, 0.3) is 22.4 Å². The van der Waals surface area contributed by atoms with Crippen LogP contribution in [-0.2, 0) is 9.84 Å². The van der Waals surface area contributed by atoms with E-state index in [0.717, 1.165) is 5.56 Å². The number of fused-ring (bicyclic) bond motifs is 3. The first-order valence-corrected chi connectivity index (χ1v) is 11.7. The van der Waals surface area contributed by atoms with E-state index in [4.69, 9.17) is 0 Å². The average molecular weight is 415 g/mol. The highest BCUT2D eigenvalue weighted by molar-refractivity contribution is 8.00. The lowest BCUT2D eigenvalue weighted by Crippen LogP contribution is -2.21. The molecule has 0 radical (unpaired) electrons. The van der Waals surface area contributed by atoms with Crippen molar-refractivity contribution in [2.75, 3.05) is 17.8 Å². The predicted molar refractivity (Wildman–Crippen MR) is 111 cm³/mol. The Hall–Kier alpha value is -2.65. The predicted octanol–water partition coefficient (Wildman–Crippen LogP) is 2.48. The molecule has 0 atom stereocenters. The standard InChI is InChI=1S/C19H18N4O3S2/c1-13-7-9-14(10-8-13)22-17(24)15-5-3-4-6-16(15)23-18(22)20-21-19(23)27-11-12-28(2,25)26/h3-10H,11-12H2,1-2H3. The lowest BCUT2D eigenvalue weighted by atomic mass is 10.2. The molecule has 0 aliphatic heterocycles. The Kier molecular flexibility index (Phi) is 4.72. The van der Waals surface area contributed by atoms with Gasteiger partial charge in [-0.2, -0.15) is 0 Å². The van der Waals surface area contributed by atoms with Gasteiger partial charge < -0.3 is 0 Å². The Morgan fingerprint density at radius 2 is 1.75 bits per heavy atom. The molecule has 0 aliphatic carbocycles. The normalized spacial score (nSPS) is 12.1. The number of benzene rings is 2. The molecule has 0 spiro atoms. The minimum absolute atomic E-state index is 0.0438. The molecule has 0 amide bonds. The third-order valence-electron chi connectivity index (χ3n) is 4.37. The first-order valence-electron chi connectivity index (χ1n) is 8.61. The zero-order chi connectivity index (χ0) is 19.9. The number of hydrogen-bond donors (Lipinski definition) is 0. The zero-order valence-electron chi connectivity index (χ0n) is 15.4. The number of rotatable bonds is 5. The quantitative estimate of drug-likeness (QED) is 0.466. The van der Waals surface area contributed by atoms with Gasteiger partial charge in [-0.15, -0.1) is 10.2 Å². The van der Waals surface area contributed by atoms with Crippen molar-refractivity contribution in [2.45, 2.75) is 12.1 Å². The molecule has 0 aliphatic rings. The van der Waals surface area contributed by atoms with Crippen molar-refractivity contribution in [3.63, 3.8) is 0 Å². The van der Waals surface area contributed by atoms with Gasteiger partial charge in [-0.05, 0) is 31.2 Å². The highest BCUT2D eigenvalue weighted by Crippen LogP contribution is 2.23. The number of sulfone groups is 1. The monoisotopic (exact) mass is 414 g/mol. The van der Waals surface area contributed by atoms with Crippen LogP contribution in [0.2, 0.25) is 0 Å². The summed E-state index contributed by atoms with van der Waals surface area (Å²) in [5.41, 5.74) is 2.31. The number of para-hydroxylation sites is 1. The minimum atomic E-state index is -3.07. The second-order valence-corrected chi connectivity index (χ2v) is 9.91. The lowest BCUT2D eigenvalue weighted by molar-refractivity contribution is 0.603. The fourth-order valence-corrected chi connectivity index (χ4v) is 5.12. The molecule has 28 heavy (non-hydrogen) atoms. The molecule has 2 heterocycles. The SMILES string of the molecule is Cc1ccc(-n2c(=O)c3ccccc3n3c(SCCS(C)(=O)=O)nnc23)cc1. The maximum absolute atomic E-state index is 13.2. The fourth-order valence-electron chi connectivity index (χ4n) is 2.98. The molecule has 4 rings (SSSR count). The van der Waals surface area contributed by atoms with Crippen LogP contribution in [0.1, 0.15) is 5.56 Å². The van der Waals surface area contributed by atoms with Crippen molar-refractivity contribution in [1.29, 1.82) is 0 Å². The highest BCUT2D eigenvalue weighted by Gasteiger charge is 2.18. The average Bonchev–Trinajstić information content (AvgIpc) is 3.06. The topological polar surface area (TPSA) is 86.3 Å². The molecular formula is C19H18N4O3S2. The van der Waals surface area contributed by atoms with E-state index in [0.29, 0.717) is 33.3 Å². The fraction of sp³-hybridized carbons (Fsp3) is 0.211. The molecule has 144 valence electrons. The Labute approximate surface area is 165 Å². The summed E-state index contributed by atoms with van der Waals surface area (Å²) in [5.74, 6) is 0.800. The first-order chi connectivity index (χ1) is 13.3. The third-order valence-corrected chi connectivity index (χ3v) is 6.51. The minimum Gasteiger partial charge on any atom is -0.268 e. The van der Waals surface area contributed by atoms with Gasteiger partial charge in [0.1, 0.15) is 9.84 Å². The molecule has 2 aromatic heterocycles. The summed E-state index contributed by atoms with van der Waals surface area (Å²) in [4.78, 5) is 13.2. The second kappa shape index (κ2) is 7.06. The summed E-state index contributed by atoms with van der Waals surface area (Å²) in [6, 6.07) is 14.9. The van der Waals surface area contributed by atoms with Gasteiger partial charge in [0.25, 0.3) is 5.56 Å². The summed E-state index contributed by atoms with van der Waals surface area (Å²) in [5, 5.41) is 9.57. The second-order valence-electron chi connectivity index (χ2n) is 6.59. The van der Waals surface area contributed by atoms with E-state index in [1.54, 1.807) is 6.07 Å². The first kappa shape index (κ1) is 18.7. The molecule has 0 N–H and O–H groups in total. The van der Waals surface area contributed by atoms with Crippen LogP contribution in [0.3, 0.4) is 0 Å². The van der Waals surface area contributed by atoms with E-state index < -0.39 is 9.84 Å². The number of aryl methyl sites for hydroxylation is 1. The van der Waals surface area contributed by atoms with E-state index in [-0.39, 0.29) is 11.3 Å². The number of nitrogens with zero attached hydrogens (tertiary/aromatic N) is 4. The van der Waals surface area contributed by atoms with Crippen LogP contribution in [0.15, 0.2) is 58.5 Å². The number of hydrogen-bond acceptors (Lipinski definition) is 6. The maximum Gasteiger partial charge on any atom is 0.267 e. The summed E-state index contributed by atoms with van der Waals surface area (Å²) in [6.45, 7) is 1.98. The Morgan fingerprint density at radius 3 is 2.46 bits per heavy atom. The highest BCUT2D eigenvalue weighted by atomic mass is 32.2. The van der Waals surface area contributed by atoms with Crippen molar-refractivity contribution >= 4 is 38.3 Å². The van der Waals surface area contributed by atoms with E-state index in [1.165, 1.54) is 22.6 Å².